The lowest BCUT2D eigenvalue weighted by Crippen LogP contribution is -2.44. The van der Waals surface area contributed by atoms with Crippen LogP contribution in [0.1, 0.15) is 44.1 Å². The maximum atomic E-state index is 13.8. The number of halogens is 4. The van der Waals surface area contributed by atoms with E-state index in [1.54, 1.807) is 24.3 Å². The Hall–Kier alpha value is -1.25. The van der Waals surface area contributed by atoms with Crippen LogP contribution in [0.4, 0.5) is 8.78 Å². The first-order valence-corrected chi connectivity index (χ1v) is 10.8. The van der Waals surface area contributed by atoms with Crippen molar-refractivity contribution in [2.75, 3.05) is 19.7 Å². The molecule has 2 fully saturated rings. The van der Waals surface area contributed by atoms with E-state index in [2.05, 4.69) is 15.9 Å². The molecule has 1 aliphatic heterocycles. The lowest BCUT2D eigenvalue weighted by molar-refractivity contribution is -0.175. The first kappa shape index (κ1) is 25.0. The van der Waals surface area contributed by atoms with Crippen molar-refractivity contribution in [1.29, 1.82) is 5.41 Å². The van der Waals surface area contributed by atoms with E-state index in [-0.39, 0.29) is 37.4 Å². The molecule has 5 nitrogen and oxygen atoms in total. The molecular formula is C21H28BrClF2N2O3. The second-order valence-electron chi connectivity index (χ2n) is 8.10. The third kappa shape index (κ3) is 5.71. The predicted octanol–water partition coefficient (Wildman–Crippen LogP) is 4.75. The molecule has 0 amide bonds. The number of hydrogen-bond acceptors (Lipinski definition) is 4. The van der Waals surface area contributed by atoms with Crippen LogP contribution in [0.2, 0.25) is 0 Å². The maximum Gasteiger partial charge on any atom is 0.343 e. The van der Waals surface area contributed by atoms with Gasteiger partial charge in [0.05, 0.1) is 12.9 Å². The van der Waals surface area contributed by atoms with Gasteiger partial charge in [0.1, 0.15) is 0 Å². The van der Waals surface area contributed by atoms with Crippen LogP contribution in [0.15, 0.2) is 28.7 Å². The molecule has 1 aliphatic carbocycles. The van der Waals surface area contributed by atoms with Gasteiger partial charge in [-0.05, 0) is 49.3 Å². The van der Waals surface area contributed by atoms with E-state index in [1.165, 1.54) is 6.34 Å². The molecule has 0 spiro atoms. The fourth-order valence-corrected chi connectivity index (χ4v) is 4.59. The van der Waals surface area contributed by atoms with Gasteiger partial charge in [-0.2, -0.15) is 0 Å². The molecule has 3 rings (SSSR count). The summed E-state index contributed by atoms with van der Waals surface area (Å²) in [5, 5.41) is 18.6. The summed E-state index contributed by atoms with van der Waals surface area (Å²) < 4.78 is 33.9. The molecule has 2 aliphatic rings. The predicted molar refractivity (Wildman–Crippen MR) is 116 cm³/mol. The first-order chi connectivity index (χ1) is 13.7. The number of carbonyl (C=O) groups is 1. The summed E-state index contributed by atoms with van der Waals surface area (Å²) in [6.07, 6.45) is 3.03. The summed E-state index contributed by atoms with van der Waals surface area (Å²) >= 11 is 3.31. The van der Waals surface area contributed by atoms with Crippen molar-refractivity contribution in [3.05, 3.63) is 34.3 Å². The van der Waals surface area contributed by atoms with E-state index < -0.39 is 29.8 Å². The highest BCUT2D eigenvalue weighted by Gasteiger charge is 2.54. The van der Waals surface area contributed by atoms with Crippen LogP contribution in [-0.4, -0.2) is 47.9 Å². The molecule has 30 heavy (non-hydrogen) atoms. The average Bonchev–Trinajstić information content (AvgIpc) is 3.08. The normalized spacial score (nSPS) is 23.3. The Morgan fingerprint density at radius 1 is 1.30 bits per heavy atom. The van der Waals surface area contributed by atoms with E-state index in [1.807, 2.05) is 4.90 Å². The first-order valence-electron chi connectivity index (χ1n) is 10.0. The minimum Gasteiger partial charge on any atom is -0.463 e. The second-order valence-corrected chi connectivity index (χ2v) is 9.02. The monoisotopic (exact) mass is 508 g/mol. The van der Waals surface area contributed by atoms with Gasteiger partial charge >= 0.3 is 5.97 Å². The van der Waals surface area contributed by atoms with Gasteiger partial charge in [0, 0.05) is 36.3 Å². The molecule has 0 bridgehead atoms. The zero-order valence-electron chi connectivity index (χ0n) is 16.7. The van der Waals surface area contributed by atoms with Crippen LogP contribution < -0.4 is 0 Å². The number of aliphatic hydroxyl groups is 1. The number of rotatable bonds is 7. The number of hydrogen-bond donors (Lipinski definition) is 2. The molecule has 1 aromatic carbocycles. The standard InChI is InChI=1S/C21H27BrF2N2O3.ClH/c22-18-3-1-16(2-4-18)21(28,17-5-9-20(23,24)13-17)19(27)29-12-8-15-6-10-26(14-25)11-7-15;/h1-4,14-15,17,25,28H,5-13H2;1H/t17-,21+;/m1./s1. The smallest absolute Gasteiger partial charge is 0.343 e. The Kier molecular flexibility index (Phi) is 8.65. The van der Waals surface area contributed by atoms with Gasteiger partial charge in [0.15, 0.2) is 5.60 Å². The molecular weight excluding hydrogens is 482 g/mol. The molecule has 2 atom stereocenters. The van der Waals surface area contributed by atoms with Crippen molar-refractivity contribution >= 4 is 40.6 Å². The average molecular weight is 510 g/mol. The second kappa shape index (κ2) is 10.4. The number of likely N-dealkylation sites (tertiary alicyclic amines) is 1. The molecule has 0 unspecified atom stereocenters. The number of nitrogens with one attached hydrogen (secondary N) is 1. The van der Waals surface area contributed by atoms with E-state index in [9.17, 15) is 18.7 Å². The Morgan fingerprint density at radius 2 is 1.93 bits per heavy atom. The van der Waals surface area contributed by atoms with Crippen LogP contribution in [0.25, 0.3) is 0 Å². The van der Waals surface area contributed by atoms with Crippen molar-refractivity contribution in [2.45, 2.75) is 50.0 Å². The summed E-state index contributed by atoms with van der Waals surface area (Å²) in [5.74, 6) is -4.23. The van der Waals surface area contributed by atoms with Gasteiger partial charge in [-0.3, -0.25) is 5.41 Å². The highest BCUT2D eigenvalue weighted by molar-refractivity contribution is 9.10. The van der Waals surface area contributed by atoms with Gasteiger partial charge in [0.25, 0.3) is 0 Å². The van der Waals surface area contributed by atoms with E-state index in [0.717, 1.165) is 30.4 Å². The van der Waals surface area contributed by atoms with Crippen LogP contribution >= 0.6 is 28.3 Å². The SMILES string of the molecule is Cl.N=CN1CCC(CCOC(=O)[C@](O)(c2ccc(Br)cc2)[C@@H]2CCC(F)(F)C2)CC1. The summed E-state index contributed by atoms with van der Waals surface area (Å²) in [6, 6.07) is 6.51. The Labute approximate surface area is 190 Å². The fraction of sp³-hybridized carbons (Fsp3) is 0.619. The zero-order valence-corrected chi connectivity index (χ0v) is 19.1. The lowest BCUT2D eigenvalue weighted by Gasteiger charge is -2.33. The molecule has 1 heterocycles. The van der Waals surface area contributed by atoms with Crippen LogP contribution in [-0.2, 0) is 15.1 Å². The van der Waals surface area contributed by atoms with Gasteiger partial charge in [-0.1, -0.05) is 28.1 Å². The molecule has 2 N–H and O–H groups in total. The number of ether oxygens (including phenoxy) is 1. The third-order valence-electron chi connectivity index (χ3n) is 6.18. The highest BCUT2D eigenvalue weighted by Crippen LogP contribution is 2.48. The van der Waals surface area contributed by atoms with E-state index >= 15 is 0 Å². The number of benzene rings is 1. The van der Waals surface area contributed by atoms with Gasteiger partial charge in [-0.15, -0.1) is 12.4 Å². The number of nitrogens with zero attached hydrogens (tertiary/aromatic N) is 1. The molecule has 9 heteroatoms. The molecule has 0 aromatic heterocycles. The van der Waals surface area contributed by atoms with Crippen molar-refractivity contribution in [3.8, 4) is 0 Å². The molecule has 1 saturated heterocycles. The quantitative estimate of drug-likeness (QED) is 0.316. The molecule has 1 aromatic rings. The zero-order chi connectivity index (χ0) is 21.1. The van der Waals surface area contributed by atoms with Crippen molar-refractivity contribution < 1.29 is 23.4 Å². The fourth-order valence-electron chi connectivity index (χ4n) is 4.33. The highest BCUT2D eigenvalue weighted by atomic mass is 79.9. The van der Waals surface area contributed by atoms with Gasteiger partial charge in [0.2, 0.25) is 5.92 Å². The number of alkyl halides is 2. The van der Waals surface area contributed by atoms with Crippen LogP contribution in [0, 0.1) is 17.2 Å². The number of esters is 1. The van der Waals surface area contributed by atoms with Crippen molar-refractivity contribution in [2.24, 2.45) is 11.8 Å². The minimum atomic E-state index is -2.88. The topological polar surface area (TPSA) is 73.6 Å². The van der Waals surface area contributed by atoms with Gasteiger partial charge < -0.3 is 14.7 Å². The van der Waals surface area contributed by atoms with Crippen molar-refractivity contribution in [3.63, 3.8) is 0 Å². The third-order valence-corrected chi connectivity index (χ3v) is 6.71. The molecule has 1 saturated carbocycles. The number of piperidine rings is 1. The molecule has 168 valence electrons. The minimum absolute atomic E-state index is 0. The van der Waals surface area contributed by atoms with E-state index in [4.69, 9.17) is 10.1 Å². The molecule has 0 radical (unpaired) electrons. The summed E-state index contributed by atoms with van der Waals surface area (Å²) in [4.78, 5) is 14.9. The Balaban J connectivity index is 0.00000320. The summed E-state index contributed by atoms with van der Waals surface area (Å²) in [7, 11) is 0. The summed E-state index contributed by atoms with van der Waals surface area (Å²) in [6.45, 7) is 1.76. The van der Waals surface area contributed by atoms with Crippen LogP contribution in [0.3, 0.4) is 0 Å². The Bertz CT molecular complexity index is 729. The lowest BCUT2D eigenvalue weighted by atomic mass is 9.80. The number of carbonyl (C=O) groups excluding carboxylic acids is 1. The summed E-state index contributed by atoms with van der Waals surface area (Å²) in [5.41, 5.74) is -1.79. The van der Waals surface area contributed by atoms with Gasteiger partial charge in [-0.25, -0.2) is 13.6 Å². The Morgan fingerprint density at radius 3 is 2.47 bits per heavy atom. The maximum absolute atomic E-state index is 13.8. The van der Waals surface area contributed by atoms with Crippen LogP contribution in [0.5, 0.6) is 0 Å². The largest absolute Gasteiger partial charge is 0.463 e. The van der Waals surface area contributed by atoms with E-state index in [0.29, 0.717) is 12.3 Å². The van der Waals surface area contributed by atoms with Crippen molar-refractivity contribution in [1.82, 2.24) is 4.90 Å².